The standard InChI is InChI=1S/C11H11BrN2S/c1-8-10(12)2-3-11(14-8)13-6-9-4-5-15-7-9/h2-5,7H,6H2,1H3,(H,13,14). The van der Waals surface area contributed by atoms with Gasteiger partial charge in [-0.05, 0) is 57.4 Å². The number of aromatic nitrogens is 1. The number of halogens is 1. The van der Waals surface area contributed by atoms with Gasteiger partial charge in [0.1, 0.15) is 5.82 Å². The minimum absolute atomic E-state index is 0.831. The lowest BCUT2D eigenvalue weighted by atomic mass is 10.3. The lowest BCUT2D eigenvalue weighted by Gasteiger charge is -2.05. The number of nitrogens with one attached hydrogen (secondary N) is 1. The number of hydrogen-bond acceptors (Lipinski definition) is 3. The van der Waals surface area contributed by atoms with E-state index in [1.807, 2.05) is 19.1 Å². The smallest absolute Gasteiger partial charge is 0.126 e. The number of nitrogens with zero attached hydrogens (tertiary/aromatic N) is 1. The number of thiophene rings is 1. The Morgan fingerprint density at radius 1 is 1.40 bits per heavy atom. The molecule has 2 aromatic heterocycles. The Morgan fingerprint density at radius 3 is 2.93 bits per heavy atom. The maximum Gasteiger partial charge on any atom is 0.126 e. The molecule has 0 amide bonds. The van der Waals surface area contributed by atoms with Gasteiger partial charge in [0.15, 0.2) is 0 Å². The van der Waals surface area contributed by atoms with Gasteiger partial charge in [0.25, 0.3) is 0 Å². The van der Waals surface area contributed by atoms with Gasteiger partial charge in [-0.2, -0.15) is 11.3 Å². The maximum absolute atomic E-state index is 4.42. The number of rotatable bonds is 3. The molecule has 2 rings (SSSR count). The monoisotopic (exact) mass is 282 g/mol. The van der Waals surface area contributed by atoms with Crippen LogP contribution >= 0.6 is 27.3 Å². The van der Waals surface area contributed by atoms with Crippen LogP contribution in [-0.4, -0.2) is 4.98 Å². The highest BCUT2D eigenvalue weighted by molar-refractivity contribution is 9.10. The van der Waals surface area contributed by atoms with E-state index in [1.54, 1.807) is 11.3 Å². The van der Waals surface area contributed by atoms with Crippen molar-refractivity contribution in [3.8, 4) is 0 Å². The molecule has 0 aliphatic heterocycles. The lowest BCUT2D eigenvalue weighted by Crippen LogP contribution is -2.00. The van der Waals surface area contributed by atoms with Crippen molar-refractivity contribution in [1.82, 2.24) is 4.98 Å². The molecule has 0 radical (unpaired) electrons. The second-order valence-corrected chi connectivity index (χ2v) is 4.88. The van der Waals surface area contributed by atoms with Gasteiger partial charge >= 0.3 is 0 Å². The Morgan fingerprint density at radius 2 is 2.27 bits per heavy atom. The van der Waals surface area contributed by atoms with Gasteiger partial charge in [0.05, 0.1) is 5.69 Å². The van der Waals surface area contributed by atoms with Crippen LogP contribution in [0.2, 0.25) is 0 Å². The SMILES string of the molecule is Cc1nc(NCc2ccsc2)ccc1Br. The van der Waals surface area contributed by atoms with Crippen molar-refractivity contribution in [3.63, 3.8) is 0 Å². The predicted molar refractivity (Wildman–Crippen MR) is 68.3 cm³/mol. The van der Waals surface area contributed by atoms with Crippen molar-refractivity contribution in [2.75, 3.05) is 5.32 Å². The molecule has 78 valence electrons. The molecule has 0 bridgehead atoms. The van der Waals surface area contributed by atoms with Crippen LogP contribution < -0.4 is 5.32 Å². The van der Waals surface area contributed by atoms with E-state index in [2.05, 4.69) is 43.1 Å². The third kappa shape index (κ3) is 2.79. The van der Waals surface area contributed by atoms with Crippen LogP contribution in [0.1, 0.15) is 11.3 Å². The number of pyridine rings is 1. The minimum atomic E-state index is 0.831. The van der Waals surface area contributed by atoms with Gasteiger partial charge in [0, 0.05) is 11.0 Å². The van der Waals surface area contributed by atoms with E-state index in [1.165, 1.54) is 5.56 Å². The molecule has 0 aliphatic carbocycles. The largest absolute Gasteiger partial charge is 0.366 e. The van der Waals surface area contributed by atoms with Crippen molar-refractivity contribution in [3.05, 3.63) is 44.7 Å². The van der Waals surface area contributed by atoms with Crippen LogP contribution in [0.25, 0.3) is 0 Å². The molecule has 0 unspecified atom stereocenters. The molecule has 4 heteroatoms. The van der Waals surface area contributed by atoms with Gasteiger partial charge in [0.2, 0.25) is 0 Å². The van der Waals surface area contributed by atoms with Gasteiger partial charge < -0.3 is 5.32 Å². The fourth-order valence-electron chi connectivity index (χ4n) is 1.23. The molecular weight excluding hydrogens is 272 g/mol. The first-order valence-electron chi connectivity index (χ1n) is 4.64. The summed E-state index contributed by atoms with van der Waals surface area (Å²) in [7, 11) is 0. The molecule has 0 saturated heterocycles. The highest BCUT2D eigenvalue weighted by Gasteiger charge is 1.99. The average Bonchev–Trinajstić information content (AvgIpc) is 2.73. The van der Waals surface area contributed by atoms with E-state index in [0.717, 1.165) is 22.5 Å². The first-order valence-corrected chi connectivity index (χ1v) is 6.37. The Balaban J connectivity index is 2.02. The molecule has 2 nitrogen and oxygen atoms in total. The second kappa shape index (κ2) is 4.77. The molecule has 0 spiro atoms. The molecule has 15 heavy (non-hydrogen) atoms. The molecule has 0 aliphatic rings. The summed E-state index contributed by atoms with van der Waals surface area (Å²) in [6.07, 6.45) is 0. The molecule has 2 heterocycles. The predicted octanol–water partition coefficient (Wildman–Crippen LogP) is 3.83. The molecule has 0 saturated carbocycles. The third-order valence-electron chi connectivity index (χ3n) is 2.08. The van der Waals surface area contributed by atoms with Crippen molar-refractivity contribution in [2.24, 2.45) is 0 Å². The number of anilines is 1. The summed E-state index contributed by atoms with van der Waals surface area (Å²) in [6.45, 7) is 2.82. The fraction of sp³-hybridized carbons (Fsp3) is 0.182. The van der Waals surface area contributed by atoms with E-state index >= 15 is 0 Å². The summed E-state index contributed by atoms with van der Waals surface area (Å²) < 4.78 is 1.04. The molecule has 0 aromatic carbocycles. The zero-order chi connectivity index (χ0) is 10.7. The summed E-state index contributed by atoms with van der Waals surface area (Å²) >= 11 is 5.14. The van der Waals surface area contributed by atoms with Crippen molar-refractivity contribution in [2.45, 2.75) is 13.5 Å². The number of hydrogen-bond donors (Lipinski definition) is 1. The minimum Gasteiger partial charge on any atom is -0.366 e. The van der Waals surface area contributed by atoms with Crippen LogP contribution in [0, 0.1) is 6.92 Å². The zero-order valence-corrected chi connectivity index (χ0v) is 10.7. The lowest BCUT2D eigenvalue weighted by molar-refractivity contribution is 1.09. The maximum atomic E-state index is 4.42. The second-order valence-electron chi connectivity index (χ2n) is 3.25. The molecule has 1 N–H and O–H groups in total. The van der Waals surface area contributed by atoms with Gasteiger partial charge in [-0.15, -0.1) is 0 Å². The fourth-order valence-corrected chi connectivity index (χ4v) is 2.12. The van der Waals surface area contributed by atoms with E-state index in [-0.39, 0.29) is 0 Å². The Bertz CT molecular complexity index is 440. The number of aryl methyl sites for hydroxylation is 1. The Hall–Kier alpha value is -0.870. The van der Waals surface area contributed by atoms with Gasteiger partial charge in [-0.25, -0.2) is 4.98 Å². The molecule has 2 aromatic rings. The quantitative estimate of drug-likeness (QED) is 0.926. The Labute approximate surface area is 101 Å². The van der Waals surface area contributed by atoms with Crippen LogP contribution in [0.5, 0.6) is 0 Å². The van der Waals surface area contributed by atoms with Crippen LogP contribution in [0.15, 0.2) is 33.4 Å². The van der Waals surface area contributed by atoms with Crippen molar-refractivity contribution < 1.29 is 0 Å². The van der Waals surface area contributed by atoms with E-state index in [4.69, 9.17) is 0 Å². The molecular formula is C11H11BrN2S. The van der Waals surface area contributed by atoms with Crippen molar-refractivity contribution in [1.29, 1.82) is 0 Å². The van der Waals surface area contributed by atoms with Crippen LogP contribution in [-0.2, 0) is 6.54 Å². The third-order valence-corrected chi connectivity index (χ3v) is 3.65. The van der Waals surface area contributed by atoms with E-state index < -0.39 is 0 Å². The molecule has 0 fully saturated rings. The normalized spacial score (nSPS) is 10.3. The topological polar surface area (TPSA) is 24.9 Å². The van der Waals surface area contributed by atoms with E-state index in [9.17, 15) is 0 Å². The van der Waals surface area contributed by atoms with Gasteiger partial charge in [-0.3, -0.25) is 0 Å². The average molecular weight is 283 g/mol. The van der Waals surface area contributed by atoms with Gasteiger partial charge in [-0.1, -0.05) is 0 Å². The first kappa shape index (κ1) is 10.6. The highest BCUT2D eigenvalue weighted by Crippen LogP contribution is 2.17. The Kier molecular flexibility index (Phi) is 3.38. The summed E-state index contributed by atoms with van der Waals surface area (Å²) in [5.41, 5.74) is 2.30. The highest BCUT2D eigenvalue weighted by atomic mass is 79.9. The summed E-state index contributed by atoms with van der Waals surface area (Å²) in [6, 6.07) is 6.10. The van der Waals surface area contributed by atoms with Crippen molar-refractivity contribution >= 4 is 33.1 Å². The molecule has 0 atom stereocenters. The summed E-state index contributed by atoms with van der Waals surface area (Å²) in [5, 5.41) is 7.51. The first-order chi connectivity index (χ1) is 7.25. The summed E-state index contributed by atoms with van der Waals surface area (Å²) in [4.78, 5) is 4.42. The summed E-state index contributed by atoms with van der Waals surface area (Å²) in [5.74, 6) is 0.918. The van der Waals surface area contributed by atoms with E-state index in [0.29, 0.717) is 0 Å². The zero-order valence-electron chi connectivity index (χ0n) is 8.33. The van der Waals surface area contributed by atoms with Crippen LogP contribution in [0.4, 0.5) is 5.82 Å². The van der Waals surface area contributed by atoms with Crippen LogP contribution in [0.3, 0.4) is 0 Å².